The van der Waals surface area contributed by atoms with Gasteiger partial charge in [0.15, 0.2) is 0 Å². The topological polar surface area (TPSA) is 56.1 Å². The maximum absolute atomic E-state index is 12.5. The highest BCUT2D eigenvalue weighted by atomic mass is 16.1. The first-order valence-electron chi connectivity index (χ1n) is 10.5. The first kappa shape index (κ1) is 21.9. The quantitative estimate of drug-likeness (QED) is 0.377. The molecule has 0 unspecified atom stereocenters. The molecule has 0 heterocycles. The van der Waals surface area contributed by atoms with Crippen molar-refractivity contribution < 1.29 is 4.79 Å². The SMILES string of the molecule is CCc1ccc(NC(=O)/C(C#N)=C/c2ccc(N(CC)Cc3ccccc3)cc2)cc1. The van der Waals surface area contributed by atoms with Crippen LogP contribution >= 0.6 is 0 Å². The van der Waals surface area contributed by atoms with E-state index in [1.54, 1.807) is 6.08 Å². The monoisotopic (exact) mass is 409 g/mol. The van der Waals surface area contributed by atoms with Crippen molar-refractivity contribution in [3.8, 4) is 6.07 Å². The molecule has 4 heteroatoms. The third-order valence-corrected chi connectivity index (χ3v) is 5.15. The van der Waals surface area contributed by atoms with Gasteiger partial charge in [0.1, 0.15) is 11.6 Å². The fourth-order valence-electron chi connectivity index (χ4n) is 3.31. The first-order valence-corrected chi connectivity index (χ1v) is 10.5. The van der Waals surface area contributed by atoms with Crippen molar-refractivity contribution in [2.45, 2.75) is 26.8 Å². The second-order valence-electron chi connectivity index (χ2n) is 7.27. The zero-order valence-electron chi connectivity index (χ0n) is 18.0. The standard InChI is InChI=1S/C27H27N3O/c1-3-21-10-14-25(15-11-21)29-27(31)24(19-28)18-22-12-16-26(17-13-22)30(4-2)20-23-8-6-5-7-9-23/h5-18H,3-4,20H2,1-2H3,(H,29,31)/b24-18+. The van der Waals surface area contributed by atoms with Gasteiger partial charge in [0, 0.05) is 24.5 Å². The lowest BCUT2D eigenvalue weighted by Crippen LogP contribution is -2.21. The number of anilines is 2. The van der Waals surface area contributed by atoms with E-state index >= 15 is 0 Å². The minimum Gasteiger partial charge on any atom is -0.367 e. The summed E-state index contributed by atoms with van der Waals surface area (Å²) in [6, 6.07) is 27.9. The summed E-state index contributed by atoms with van der Waals surface area (Å²) in [5, 5.41) is 12.3. The number of nitriles is 1. The molecule has 0 fully saturated rings. The van der Waals surface area contributed by atoms with Crippen molar-refractivity contribution in [2.75, 3.05) is 16.8 Å². The molecule has 0 saturated carbocycles. The van der Waals surface area contributed by atoms with Gasteiger partial charge in [-0.2, -0.15) is 5.26 Å². The van der Waals surface area contributed by atoms with E-state index in [4.69, 9.17) is 0 Å². The Balaban J connectivity index is 1.70. The third kappa shape index (κ3) is 6.07. The van der Waals surface area contributed by atoms with Crippen LogP contribution in [0.1, 0.15) is 30.5 Å². The van der Waals surface area contributed by atoms with Crippen LogP contribution in [0.5, 0.6) is 0 Å². The molecule has 0 atom stereocenters. The molecule has 3 aromatic rings. The smallest absolute Gasteiger partial charge is 0.266 e. The zero-order chi connectivity index (χ0) is 22.1. The van der Waals surface area contributed by atoms with E-state index in [1.165, 1.54) is 11.1 Å². The number of nitrogens with one attached hydrogen (secondary N) is 1. The number of hydrogen-bond acceptors (Lipinski definition) is 3. The number of rotatable bonds is 8. The molecule has 1 N–H and O–H groups in total. The van der Waals surface area contributed by atoms with E-state index in [2.05, 4.69) is 36.2 Å². The predicted molar refractivity (Wildman–Crippen MR) is 128 cm³/mol. The lowest BCUT2D eigenvalue weighted by atomic mass is 10.1. The highest BCUT2D eigenvalue weighted by molar-refractivity contribution is 6.09. The second-order valence-corrected chi connectivity index (χ2v) is 7.27. The number of amides is 1. The summed E-state index contributed by atoms with van der Waals surface area (Å²) < 4.78 is 0. The van der Waals surface area contributed by atoms with E-state index in [1.807, 2.05) is 72.8 Å². The number of nitrogens with zero attached hydrogens (tertiary/aromatic N) is 2. The van der Waals surface area contributed by atoms with E-state index < -0.39 is 5.91 Å². The van der Waals surface area contributed by atoms with E-state index in [9.17, 15) is 10.1 Å². The summed E-state index contributed by atoms with van der Waals surface area (Å²) in [6.45, 7) is 5.92. The van der Waals surface area contributed by atoms with Gasteiger partial charge in [-0.05, 0) is 60.4 Å². The largest absolute Gasteiger partial charge is 0.367 e. The van der Waals surface area contributed by atoms with Crippen LogP contribution in [-0.4, -0.2) is 12.5 Å². The van der Waals surface area contributed by atoms with Gasteiger partial charge in [-0.15, -0.1) is 0 Å². The maximum Gasteiger partial charge on any atom is 0.266 e. The fourth-order valence-corrected chi connectivity index (χ4v) is 3.31. The predicted octanol–water partition coefficient (Wildman–Crippen LogP) is 5.82. The number of aryl methyl sites for hydroxylation is 1. The summed E-state index contributed by atoms with van der Waals surface area (Å²) in [5.74, 6) is -0.407. The Kier molecular flexibility index (Phi) is 7.61. The number of hydrogen-bond donors (Lipinski definition) is 1. The Labute approximate surface area is 184 Å². The Morgan fingerprint density at radius 2 is 1.61 bits per heavy atom. The Bertz CT molecular complexity index is 1060. The van der Waals surface area contributed by atoms with E-state index in [-0.39, 0.29) is 5.57 Å². The van der Waals surface area contributed by atoms with Gasteiger partial charge in [-0.3, -0.25) is 4.79 Å². The van der Waals surface area contributed by atoms with Gasteiger partial charge in [-0.1, -0.05) is 61.5 Å². The Morgan fingerprint density at radius 1 is 0.935 bits per heavy atom. The van der Waals surface area contributed by atoms with Crippen molar-refractivity contribution in [1.82, 2.24) is 0 Å². The Morgan fingerprint density at radius 3 is 2.19 bits per heavy atom. The van der Waals surface area contributed by atoms with Crippen molar-refractivity contribution in [3.05, 3.63) is 101 Å². The number of carbonyl (C=O) groups excluding carboxylic acids is 1. The molecule has 0 aliphatic rings. The highest BCUT2D eigenvalue weighted by Gasteiger charge is 2.10. The first-order chi connectivity index (χ1) is 15.1. The second kappa shape index (κ2) is 10.8. The molecule has 3 aromatic carbocycles. The molecular formula is C27H27N3O. The number of benzene rings is 3. The van der Waals surface area contributed by atoms with E-state index in [0.717, 1.165) is 30.8 Å². The van der Waals surface area contributed by atoms with Gasteiger partial charge in [-0.25, -0.2) is 0 Å². The van der Waals surface area contributed by atoms with Gasteiger partial charge in [0.05, 0.1) is 0 Å². The summed E-state index contributed by atoms with van der Waals surface area (Å²) in [5.41, 5.74) is 5.11. The molecule has 1 amide bonds. The van der Waals surface area contributed by atoms with Crippen molar-refractivity contribution in [1.29, 1.82) is 5.26 Å². The summed E-state index contributed by atoms with van der Waals surface area (Å²) in [7, 11) is 0. The lowest BCUT2D eigenvalue weighted by molar-refractivity contribution is -0.112. The molecule has 4 nitrogen and oxygen atoms in total. The maximum atomic E-state index is 12.5. The van der Waals surface area contributed by atoms with Crippen LogP contribution in [0.25, 0.3) is 6.08 Å². The molecular weight excluding hydrogens is 382 g/mol. The van der Waals surface area contributed by atoms with Crippen LogP contribution in [0.3, 0.4) is 0 Å². The molecule has 0 radical (unpaired) electrons. The zero-order valence-corrected chi connectivity index (χ0v) is 18.0. The van der Waals surface area contributed by atoms with Crippen LogP contribution in [0.4, 0.5) is 11.4 Å². The van der Waals surface area contributed by atoms with Gasteiger partial charge < -0.3 is 10.2 Å². The molecule has 31 heavy (non-hydrogen) atoms. The molecule has 0 bridgehead atoms. The molecule has 0 aromatic heterocycles. The highest BCUT2D eigenvalue weighted by Crippen LogP contribution is 2.20. The Hall–Kier alpha value is -3.84. The summed E-state index contributed by atoms with van der Waals surface area (Å²) in [6.07, 6.45) is 2.56. The lowest BCUT2D eigenvalue weighted by Gasteiger charge is -2.23. The normalized spacial score (nSPS) is 10.9. The molecule has 0 saturated heterocycles. The molecule has 0 aliphatic heterocycles. The van der Waals surface area contributed by atoms with Gasteiger partial charge >= 0.3 is 0 Å². The van der Waals surface area contributed by atoms with Gasteiger partial charge in [0.25, 0.3) is 5.91 Å². The van der Waals surface area contributed by atoms with Gasteiger partial charge in [0.2, 0.25) is 0 Å². The fraction of sp³-hybridized carbons (Fsp3) is 0.185. The average Bonchev–Trinajstić information content (AvgIpc) is 2.82. The summed E-state index contributed by atoms with van der Waals surface area (Å²) in [4.78, 5) is 14.8. The van der Waals surface area contributed by atoms with Crippen LogP contribution in [0.2, 0.25) is 0 Å². The minimum atomic E-state index is -0.407. The molecule has 156 valence electrons. The molecule has 3 rings (SSSR count). The van der Waals surface area contributed by atoms with Crippen molar-refractivity contribution in [3.63, 3.8) is 0 Å². The third-order valence-electron chi connectivity index (χ3n) is 5.15. The average molecular weight is 410 g/mol. The van der Waals surface area contributed by atoms with Crippen LogP contribution in [0.15, 0.2) is 84.4 Å². The van der Waals surface area contributed by atoms with Crippen LogP contribution in [-0.2, 0) is 17.8 Å². The van der Waals surface area contributed by atoms with Crippen molar-refractivity contribution >= 4 is 23.4 Å². The van der Waals surface area contributed by atoms with Crippen LogP contribution in [0, 0.1) is 11.3 Å². The number of carbonyl (C=O) groups is 1. The summed E-state index contributed by atoms with van der Waals surface area (Å²) >= 11 is 0. The minimum absolute atomic E-state index is 0.0731. The van der Waals surface area contributed by atoms with Crippen LogP contribution < -0.4 is 10.2 Å². The van der Waals surface area contributed by atoms with Crippen molar-refractivity contribution in [2.24, 2.45) is 0 Å². The van der Waals surface area contributed by atoms with E-state index in [0.29, 0.717) is 5.69 Å². The molecule has 0 spiro atoms. The molecule has 0 aliphatic carbocycles.